The lowest BCUT2D eigenvalue weighted by atomic mass is 10.1. The first-order chi connectivity index (χ1) is 12.5. The van der Waals surface area contributed by atoms with Gasteiger partial charge in [-0.15, -0.1) is 0 Å². The fourth-order valence-electron chi connectivity index (χ4n) is 3.25. The molecule has 1 aliphatic heterocycles. The molecule has 26 heavy (non-hydrogen) atoms. The topological polar surface area (TPSA) is 66.8 Å². The summed E-state index contributed by atoms with van der Waals surface area (Å²) in [5.74, 6) is 0.237. The van der Waals surface area contributed by atoms with Crippen molar-refractivity contribution in [2.24, 2.45) is 0 Å². The molecule has 3 rings (SSSR count). The zero-order valence-corrected chi connectivity index (χ0v) is 15.0. The third-order valence-corrected chi connectivity index (χ3v) is 4.76. The van der Waals surface area contributed by atoms with E-state index in [0.29, 0.717) is 36.6 Å². The minimum Gasteiger partial charge on any atom is -0.496 e. The number of nitrogens with one attached hydrogen (secondary N) is 2. The molecule has 1 aromatic carbocycles. The molecule has 2 heterocycles. The SMILES string of the molecule is COc1ccc(F)cc1C[NH+]1CCN(C(=O)c2cc(C(C)=O)c[nH]2)CC1. The number of rotatable bonds is 5. The van der Waals surface area contributed by atoms with E-state index in [1.165, 1.54) is 24.0 Å². The van der Waals surface area contributed by atoms with Crippen LogP contribution in [0.4, 0.5) is 4.39 Å². The molecule has 0 unspecified atom stereocenters. The lowest BCUT2D eigenvalue weighted by Crippen LogP contribution is -3.13. The first-order valence-electron chi connectivity index (χ1n) is 8.62. The Labute approximate surface area is 151 Å². The van der Waals surface area contributed by atoms with Crippen LogP contribution in [0.3, 0.4) is 0 Å². The Kier molecular flexibility index (Phi) is 5.37. The molecule has 1 saturated heterocycles. The maximum Gasteiger partial charge on any atom is 0.270 e. The number of nitrogens with zero attached hydrogens (tertiary/aromatic N) is 1. The molecule has 0 spiro atoms. The first kappa shape index (κ1) is 18.1. The van der Waals surface area contributed by atoms with Crippen molar-refractivity contribution in [3.05, 3.63) is 53.1 Å². The van der Waals surface area contributed by atoms with Crippen molar-refractivity contribution in [2.45, 2.75) is 13.5 Å². The van der Waals surface area contributed by atoms with Crippen LogP contribution in [-0.2, 0) is 6.54 Å². The number of carbonyl (C=O) groups excluding carboxylic acids is 2. The lowest BCUT2D eigenvalue weighted by molar-refractivity contribution is -0.917. The number of aromatic nitrogens is 1. The summed E-state index contributed by atoms with van der Waals surface area (Å²) in [4.78, 5) is 29.8. The number of Topliss-reactive ketones (excluding diaryl/α,β-unsaturated/α-hetero) is 1. The van der Waals surface area contributed by atoms with Crippen LogP contribution in [0.25, 0.3) is 0 Å². The van der Waals surface area contributed by atoms with Crippen LogP contribution in [0.15, 0.2) is 30.5 Å². The van der Waals surface area contributed by atoms with Gasteiger partial charge in [0.25, 0.3) is 5.91 Å². The van der Waals surface area contributed by atoms with E-state index < -0.39 is 0 Å². The number of piperazine rings is 1. The predicted octanol–water partition coefficient (Wildman–Crippen LogP) is 0.906. The number of quaternary nitrogens is 1. The monoisotopic (exact) mass is 360 g/mol. The highest BCUT2D eigenvalue weighted by molar-refractivity contribution is 5.99. The molecule has 2 aromatic rings. The number of hydrogen-bond acceptors (Lipinski definition) is 3. The summed E-state index contributed by atoms with van der Waals surface area (Å²) in [5, 5.41) is 0. The molecule has 0 radical (unpaired) electrons. The zero-order valence-electron chi connectivity index (χ0n) is 15.0. The summed E-state index contributed by atoms with van der Waals surface area (Å²) in [7, 11) is 1.58. The van der Waals surface area contributed by atoms with Crippen LogP contribution in [-0.4, -0.2) is 54.9 Å². The van der Waals surface area contributed by atoms with E-state index in [0.717, 1.165) is 18.7 Å². The fraction of sp³-hybridized carbons (Fsp3) is 0.368. The van der Waals surface area contributed by atoms with Gasteiger partial charge in [0.05, 0.1) is 38.9 Å². The molecule has 1 aromatic heterocycles. The molecular formula is C19H23FN3O3+. The number of benzene rings is 1. The van der Waals surface area contributed by atoms with Gasteiger partial charge < -0.3 is 19.5 Å². The second kappa shape index (κ2) is 7.70. The molecule has 1 amide bonds. The van der Waals surface area contributed by atoms with E-state index in [-0.39, 0.29) is 17.5 Å². The Balaban J connectivity index is 1.59. The molecule has 138 valence electrons. The van der Waals surface area contributed by atoms with E-state index >= 15 is 0 Å². The van der Waals surface area contributed by atoms with E-state index in [1.54, 1.807) is 30.3 Å². The molecule has 1 aliphatic rings. The van der Waals surface area contributed by atoms with Crippen LogP contribution >= 0.6 is 0 Å². The van der Waals surface area contributed by atoms with Crippen molar-refractivity contribution in [3.8, 4) is 5.75 Å². The highest BCUT2D eigenvalue weighted by atomic mass is 19.1. The highest BCUT2D eigenvalue weighted by Crippen LogP contribution is 2.18. The van der Waals surface area contributed by atoms with Crippen LogP contribution in [0.1, 0.15) is 33.3 Å². The average molecular weight is 360 g/mol. The maximum absolute atomic E-state index is 13.5. The fourth-order valence-corrected chi connectivity index (χ4v) is 3.25. The van der Waals surface area contributed by atoms with Gasteiger partial charge in [-0.1, -0.05) is 0 Å². The van der Waals surface area contributed by atoms with Gasteiger partial charge in [0.1, 0.15) is 23.8 Å². The van der Waals surface area contributed by atoms with Gasteiger partial charge in [0.2, 0.25) is 0 Å². The number of hydrogen-bond donors (Lipinski definition) is 2. The van der Waals surface area contributed by atoms with Gasteiger partial charge in [-0.2, -0.15) is 0 Å². The van der Waals surface area contributed by atoms with Gasteiger partial charge in [-0.25, -0.2) is 4.39 Å². The van der Waals surface area contributed by atoms with Gasteiger partial charge >= 0.3 is 0 Å². The minimum absolute atomic E-state index is 0.0707. The van der Waals surface area contributed by atoms with Crippen LogP contribution < -0.4 is 9.64 Å². The zero-order chi connectivity index (χ0) is 18.7. The van der Waals surface area contributed by atoms with Crippen molar-refractivity contribution >= 4 is 11.7 Å². The normalized spacial score (nSPS) is 15.1. The van der Waals surface area contributed by atoms with Gasteiger partial charge in [0.15, 0.2) is 5.78 Å². The summed E-state index contributed by atoms with van der Waals surface area (Å²) in [6, 6.07) is 6.13. The number of ether oxygens (including phenoxy) is 1. The summed E-state index contributed by atoms with van der Waals surface area (Å²) >= 11 is 0. The quantitative estimate of drug-likeness (QED) is 0.779. The second-order valence-corrected chi connectivity index (χ2v) is 6.53. The minimum atomic E-state index is -0.276. The number of amides is 1. The Bertz CT molecular complexity index is 810. The maximum atomic E-state index is 13.5. The number of aromatic amines is 1. The number of H-pyrrole nitrogens is 1. The van der Waals surface area contributed by atoms with Crippen molar-refractivity contribution in [3.63, 3.8) is 0 Å². The summed E-state index contributed by atoms with van der Waals surface area (Å²) < 4.78 is 18.8. The number of ketones is 1. The Morgan fingerprint density at radius 1 is 1.27 bits per heavy atom. The van der Waals surface area contributed by atoms with Crippen molar-refractivity contribution in [2.75, 3.05) is 33.3 Å². The van der Waals surface area contributed by atoms with E-state index in [4.69, 9.17) is 4.74 Å². The molecule has 1 fully saturated rings. The number of halogens is 1. The second-order valence-electron chi connectivity index (χ2n) is 6.53. The largest absolute Gasteiger partial charge is 0.496 e. The molecule has 6 nitrogen and oxygen atoms in total. The third-order valence-electron chi connectivity index (χ3n) is 4.76. The molecule has 0 atom stereocenters. The number of carbonyl (C=O) groups is 2. The standard InChI is InChI=1S/C19H22FN3O3/c1-13(24)14-10-17(21-11-14)19(25)23-7-5-22(6-8-23)12-15-9-16(20)3-4-18(15)26-2/h3-4,9-11,21H,5-8,12H2,1-2H3/p+1. The molecule has 0 aliphatic carbocycles. The highest BCUT2D eigenvalue weighted by Gasteiger charge is 2.26. The molecule has 0 saturated carbocycles. The smallest absolute Gasteiger partial charge is 0.270 e. The first-order valence-corrected chi connectivity index (χ1v) is 8.62. The third kappa shape index (κ3) is 3.94. The molecule has 0 bridgehead atoms. The van der Waals surface area contributed by atoms with E-state index in [9.17, 15) is 14.0 Å². The lowest BCUT2D eigenvalue weighted by Gasteiger charge is -2.32. The van der Waals surface area contributed by atoms with E-state index in [1.807, 2.05) is 0 Å². The van der Waals surface area contributed by atoms with Crippen molar-refractivity contribution in [1.82, 2.24) is 9.88 Å². The average Bonchev–Trinajstić information content (AvgIpc) is 3.12. The van der Waals surface area contributed by atoms with E-state index in [2.05, 4.69) is 4.98 Å². The molecule has 7 heteroatoms. The molecular weight excluding hydrogens is 337 g/mol. The predicted molar refractivity (Wildman–Crippen MR) is 94.1 cm³/mol. The van der Waals surface area contributed by atoms with Crippen LogP contribution in [0.5, 0.6) is 5.75 Å². The molecule has 2 N–H and O–H groups in total. The van der Waals surface area contributed by atoms with Gasteiger partial charge in [-0.3, -0.25) is 9.59 Å². The number of methoxy groups -OCH3 is 1. The summed E-state index contributed by atoms with van der Waals surface area (Å²) in [5.41, 5.74) is 1.78. The van der Waals surface area contributed by atoms with Gasteiger partial charge in [-0.05, 0) is 31.2 Å². The van der Waals surface area contributed by atoms with Gasteiger partial charge in [0, 0.05) is 11.8 Å². The Morgan fingerprint density at radius 3 is 2.62 bits per heavy atom. The van der Waals surface area contributed by atoms with Crippen LogP contribution in [0.2, 0.25) is 0 Å². The Hall–Kier alpha value is -2.67. The summed E-state index contributed by atoms with van der Waals surface area (Å²) in [6.07, 6.45) is 1.56. The Morgan fingerprint density at radius 2 is 2.00 bits per heavy atom. The van der Waals surface area contributed by atoms with Crippen LogP contribution in [0, 0.1) is 5.82 Å². The van der Waals surface area contributed by atoms with Crippen molar-refractivity contribution in [1.29, 1.82) is 0 Å². The van der Waals surface area contributed by atoms with Crippen molar-refractivity contribution < 1.29 is 23.6 Å². The summed E-state index contributed by atoms with van der Waals surface area (Å²) in [6.45, 7) is 4.89.